The average Bonchev–Trinajstić information content (AvgIpc) is 2.77. The molecule has 2 heterocycles. The summed E-state index contributed by atoms with van der Waals surface area (Å²) in [6, 6.07) is 12.8. The van der Waals surface area contributed by atoms with Crippen LogP contribution in [-0.4, -0.2) is 49.3 Å². The molecule has 0 spiro atoms. The van der Waals surface area contributed by atoms with Crippen molar-refractivity contribution in [3.63, 3.8) is 0 Å². The lowest BCUT2D eigenvalue weighted by Crippen LogP contribution is -2.37. The first-order valence-corrected chi connectivity index (χ1v) is 10.5. The molecule has 0 aliphatic carbocycles. The minimum absolute atomic E-state index is 0.0121. The van der Waals surface area contributed by atoms with Crippen LogP contribution >= 0.6 is 0 Å². The van der Waals surface area contributed by atoms with Gasteiger partial charge in [0.05, 0.1) is 13.2 Å². The Hall–Kier alpha value is -3.09. The molecule has 160 valence electrons. The third kappa shape index (κ3) is 4.65. The van der Waals surface area contributed by atoms with Crippen molar-refractivity contribution >= 4 is 22.5 Å². The number of hydrogen-bond acceptors (Lipinski definition) is 6. The Balaban J connectivity index is 1.60. The molecule has 6 nitrogen and oxygen atoms in total. The van der Waals surface area contributed by atoms with E-state index in [1.807, 2.05) is 25.1 Å². The van der Waals surface area contributed by atoms with Crippen LogP contribution in [0.4, 0.5) is 0 Å². The van der Waals surface area contributed by atoms with Crippen LogP contribution in [0.25, 0.3) is 22.1 Å². The number of nitrogens with zero attached hydrogens (tertiary/aromatic N) is 1. The van der Waals surface area contributed by atoms with Crippen LogP contribution in [0, 0.1) is 6.92 Å². The van der Waals surface area contributed by atoms with E-state index < -0.39 is 5.63 Å². The molecule has 1 aliphatic rings. The van der Waals surface area contributed by atoms with E-state index in [4.69, 9.17) is 9.15 Å². The molecule has 1 fully saturated rings. The highest BCUT2D eigenvalue weighted by Crippen LogP contribution is 2.28. The van der Waals surface area contributed by atoms with Gasteiger partial charge in [0.1, 0.15) is 11.1 Å². The maximum atomic E-state index is 12.7. The van der Waals surface area contributed by atoms with E-state index in [-0.39, 0.29) is 23.6 Å². The lowest BCUT2D eigenvalue weighted by atomic mass is 9.98. The van der Waals surface area contributed by atoms with Crippen LogP contribution in [0.5, 0.6) is 0 Å². The number of carbonyl (C=O) groups is 2. The Labute approximate surface area is 180 Å². The summed E-state index contributed by atoms with van der Waals surface area (Å²) in [5, 5.41) is 0.749. The Morgan fingerprint density at radius 2 is 1.71 bits per heavy atom. The predicted molar refractivity (Wildman–Crippen MR) is 119 cm³/mol. The van der Waals surface area contributed by atoms with Crippen molar-refractivity contribution < 1.29 is 18.7 Å². The predicted octanol–water partition coefficient (Wildman–Crippen LogP) is 3.88. The Morgan fingerprint density at radius 3 is 2.39 bits per heavy atom. The summed E-state index contributed by atoms with van der Waals surface area (Å²) in [4.78, 5) is 38.9. The molecule has 0 saturated carbocycles. The van der Waals surface area contributed by atoms with E-state index in [0.29, 0.717) is 30.9 Å². The first-order valence-electron chi connectivity index (χ1n) is 10.5. The number of ketones is 2. The standard InChI is InChI=1S/C25H25NO5/c1-16-13-20(19-5-3-18(4-6-19)17(2)27)14-24-21(16)15-22(25(29)31-24)23(28)7-8-26-9-11-30-12-10-26/h3-6,13-15H,7-12H2,1-2H3. The van der Waals surface area contributed by atoms with Gasteiger partial charge in [0, 0.05) is 37.0 Å². The summed E-state index contributed by atoms with van der Waals surface area (Å²) < 4.78 is 10.9. The van der Waals surface area contributed by atoms with E-state index in [0.717, 1.165) is 35.2 Å². The summed E-state index contributed by atoms with van der Waals surface area (Å²) >= 11 is 0. The molecule has 1 aromatic heterocycles. The number of carbonyl (C=O) groups excluding carboxylic acids is 2. The van der Waals surface area contributed by atoms with Crippen LogP contribution in [-0.2, 0) is 4.74 Å². The Kier molecular flexibility index (Phi) is 6.11. The SMILES string of the molecule is CC(=O)c1ccc(-c2cc(C)c3cc(C(=O)CCN4CCOCC4)c(=O)oc3c2)cc1. The van der Waals surface area contributed by atoms with Gasteiger partial charge in [-0.2, -0.15) is 0 Å². The number of fused-ring (bicyclic) bond motifs is 1. The maximum absolute atomic E-state index is 12.7. The van der Waals surface area contributed by atoms with Gasteiger partial charge >= 0.3 is 5.63 Å². The van der Waals surface area contributed by atoms with Gasteiger partial charge in [0.25, 0.3) is 0 Å². The topological polar surface area (TPSA) is 76.8 Å². The molecule has 31 heavy (non-hydrogen) atoms. The molecule has 1 saturated heterocycles. The lowest BCUT2D eigenvalue weighted by Gasteiger charge is -2.26. The number of hydrogen-bond donors (Lipinski definition) is 0. The van der Waals surface area contributed by atoms with Gasteiger partial charge in [-0.25, -0.2) is 4.79 Å². The van der Waals surface area contributed by atoms with Crippen LogP contribution in [0.15, 0.2) is 51.7 Å². The van der Waals surface area contributed by atoms with Gasteiger partial charge in [0.15, 0.2) is 11.6 Å². The van der Waals surface area contributed by atoms with Crippen molar-refractivity contribution in [3.05, 3.63) is 69.6 Å². The molecule has 0 unspecified atom stereocenters. The Bertz CT molecular complexity index is 1190. The monoisotopic (exact) mass is 419 g/mol. The number of aryl methyl sites for hydroxylation is 1. The van der Waals surface area contributed by atoms with Gasteiger partial charge in [-0.05, 0) is 42.7 Å². The minimum Gasteiger partial charge on any atom is -0.422 e. The van der Waals surface area contributed by atoms with Gasteiger partial charge in [0.2, 0.25) is 0 Å². The quantitative estimate of drug-likeness (QED) is 0.446. The molecule has 0 amide bonds. The molecule has 0 radical (unpaired) electrons. The second-order valence-electron chi connectivity index (χ2n) is 7.91. The summed E-state index contributed by atoms with van der Waals surface area (Å²) in [7, 11) is 0. The van der Waals surface area contributed by atoms with Crippen molar-refractivity contribution in [1.82, 2.24) is 4.90 Å². The van der Waals surface area contributed by atoms with Crippen molar-refractivity contribution in [2.75, 3.05) is 32.8 Å². The first-order chi connectivity index (χ1) is 14.9. The number of benzene rings is 2. The molecule has 3 aromatic rings. The largest absolute Gasteiger partial charge is 0.422 e. The fraction of sp³-hybridized carbons (Fsp3) is 0.320. The van der Waals surface area contributed by atoms with Gasteiger partial charge in [-0.15, -0.1) is 0 Å². The smallest absolute Gasteiger partial charge is 0.347 e. The lowest BCUT2D eigenvalue weighted by molar-refractivity contribution is 0.0370. The molecule has 0 atom stereocenters. The maximum Gasteiger partial charge on any atom is 0.347 e. The van der Waals surface area contributed by atoms with Crippen LogP contribution in [0.2, 0.25) is 0 Å². The first kappa shape index (κ1) is 21.2. The number of Topliss-reactive ketones (excluding diaryl/α,β-unsaturated/α-hetero) is 2. The van der Waals surface area contributed by atoms with Crippen molar-refractivity contribution in [2.24, 2.45) is 0 Å². The fourth-order valence-electron chi connectivity index (χ4n) is 3.87. The number of rotatable bonds is 6. The van der Waals surface area contributed by atoms with Crippen LogP contribution < -0.4 is 5.63 Å². The highest BCUT2D eigenvalue weighted by molar-refractivity contribution is 5.99. The summed E-state index contributed by atoms with van der Waals surface area (Å²) in [5.74, 6) is -0.191. The average molecular weight is 419 g/mol. The van der Waals surface area contributed by atoms with Crippen LogP contribution in [0.1, 0.15) is 39.6 Å². The van der Waals surface area contributed by atoms with Crippen LogP contribution in [0.3, 0.4) is 0 Å². The molecular weight excluding hydrogens is 394 g/mol. The molecular formula is C25H25NO5. The van der Waals surface area contributed by atoms with Crippen molar-refractivity contribution in [2.45, 2.75) is 20.3 Å². The Morgan fingerprint density at radius 1 is 1.00 bits per heavy atom. The van der Waals surface area contributed by atoms with E-state index in [9.17, 15) is 14.4 Å². The number of ether oxygens (including phenoxy) is 1. The summed E-state index contributed by atoms with van der Waals surface area (Å²) in [6.45, 7) is 7.01. The summed E-state index contributed by atoms with van der Waals surface area (Å²) in [6.07, 6.45) is 0.274. The van der Waals surface area contributed by atoms with Crippen molar-refractivity contribution in [3.8, 4) is 11.1 Å². The van der Waals surface area contributed by atoms with E-state index >= 15 is 0 Å². The third-order valence-electron chi connectivity index (χ3n) is 5.74. The number of morpholine rings is 1. The van der Waals surface area contributed by atoms with Gasteiger partial charge in [-0.3, -0.25) is 14.5 Å². The normalized spacial score (nSPS) is 14.6. The molecule has 6 heteroatoms. The zero-order valence-electron chi connectivity index (χ0n) is 17.8. The van der Waals surface area contributed by atoms with E-state index in [1.54, 1.807) is 24.3 Å². The van der Waals surface area contributed by atoms with Gasteiger partial charge < -0.3 is 9.15 Å². The highest BCUT2D eigenvalue weighted by Gasteiger charge is 2.18. The molecule has 4 rings (SSSR count). The zero-order valence-corrected chi connectivity index (χ0v) is 17.8. The molecule has 2 aromatic carbocycles. The minimum atomic E-state index is -0.608. The molecule has 0 N–H and O–H groups in total. The summed E-state index contributed by atoms with van der Waals surface area (Å²) in [5.41, 5.74) is 3.30. The van der Waals surface area contributed by atoms with E-state index in [2.05, 4.69) is 4.90 Å². The van der Waals surface area contributed by atoms with E-state index in [1.165, 1.54) is 6.92 Å². The highest BCUT2D eigenvalue weighted by atomic mass is 16.5. The molecule has 1 aliphatic heterocycles. The third-order valence-corrected chi connectivity index (χ3v) is 5.74. The zero-order chi connectivity index (χ0) is 22.0. The molecule has 0 bridgehead atoms. The second-order valence-corrected chi connectivity index (χ2v) is 7.91. The second kappa shape index (κ2) is 8.96. The van der Waals surface area contributed by atoms with Gasteiger partial charge in [-0.1, -0.05) is 30.3 Å². The van der Waals surface area contributed by atoms with Crippen molar-refractivity contribution in [1.29, 1.82) is 0 Å². The fourth-order valence-corrected chi connectivity index (χ4v) is 3.87.